The first-order chi connectivity index (χ1) is 17.7. The van der Waals surface area contributed by atoms with Crippen molar-refractivity contribution < 1.29 is 24.6 Å². The zero-order valence-corrected chi connectivity index (χ0v) is 21.0. The molecule has 0 fully saturated rings. The molecule has 1 atom stereocenters. The summed E-state index contributed by atoms with van der Waals surface area (Å²) in [6.45, 7) is 4.11. The van der Waals surface area contributed by atoms with Crippen LogP contribution in [0.4, 0.5) is 0 Å². The van der Waals surface area contributed by atoms with Crippen molar-refractivity contribution in [3.8, 4) is 11.5 Å². The van der Waals surface area contributed by atoms with Gasteiger partial charge < -0.3 is 20.8 Å². The van der Waals surface area contributed by atoms with Gasteiger partial charge in [-0.25, -0.2) is 0 Å². The van der Waals surface area contributed by atoms with Crippen molar-refractivity contribution >= 4 is 23.7 Å². The Labute approximate surface area is 216 Å². The van der Waals surface area contributed by atoms with Crippen LogP contribution in [-0.4, -0.2) is 33.9 Å². The molecule has 0 spiro atoms. The lowest BCUT2D eigenvalue weighted by molar-refractivity contribution is -0.139. The van der Waals surface area contributed by atoms with E-state index in [0.717, 1.165) is 11.1 Å². The fourth-order valence-electron chi connectivity index (χ4n) is 3.82. The highest BCUT2D eigenvalue weighted by Gasteiger charge is 2.28. The smallest absolute Gasteiger partial charge is 0.289 e. The molecule has 0 bridgehead atoms. The van der Waals surface area contributed by atoms with Crippen LogP contribution in [0.15, 0.2) is 84.4 Å². The molecule has 0 saturated carbocycles. The average molecular weight is 501 g/mol. The number of hydrogen-bond donors (Lipinski definition) is 4. The predicted molar refractivity (Wildman–Crippen MR) is 143 cm³/mol. The summed E-state index contributed by atoms with van der Waals surface area (Å²) >= 11 is 0. The fraction of sp³-hybridized carbons (Fsp3) is 0.233. The lowest BCUT2D eigenvalue weighted by atomic mass is 9.97. The maximum Gasteiger partial charge on any atom is 0.289 e. The first-order valence-electron chi connectivity index (χ1n) is 12.2. The third kappa shape index (κ3) is 8.35. The van der Waals surface area contributed by atoms with Crippen LogP contribution in [0.5, 0.6) is 11.5 Å². The summed E-state index contributed by atoms with van der Waals surface area (Å²) < 4.78 is 0. The average Bonchev–Trinajstić information content (AvgIpc) is 2.89. The molecule has 2 amide bonds. The van der Waals surface area contributed by atoms with Crippen LogP contribution in [0.1, 0.15) is 37.0 Å². The molecule has 0 radical (unpaired) electrons. The zero-order valence-electron chi connectivity index (χ0n) is 21.0. The zero-order chi connectivity index (χ0) is 26.8. The van der Waals surface area contributed by atoms with Crippen LogP contribution in [0.2, 0.25) is 0 Å². The fourth-order valence-corrected chi connectivity index (χ4v) is 3.82. The van der Waals surface area contributed by atoms with Crippen LogP contribution < -0.4 is 10.6 Å². The van der Waals surface area contributed by atoms with Gasteiger partial charge in [0.15, 0.2) is 11.5 Å². The maximum atomic E-state index is 13.4. The number of aromatic hydroxyl groups is 2. The number of carbonyl (C=O) groups is 3. The standard InChI is InChI=1S/C30H32N2O5/c1-20(2)15-24(16-23-13-14-26(33)27(34)18-23)29(36)32-25(17-21-9-5-3-6-10-21)28(35)30(37)31-19-22-11-7-4-8-12-22/h3-14,16,18,20,25,33-34H,15,17,19H2,1-2H3,(H,31,37)(H,32,36). The molecule has 37 heavy (non-hydrogen) atoms. The van der Waals surface area contributed by atoms with Gasteiger partial charge in [-0.15, -0.1) is 0 Å². The van der Waals surface area contributed by atoms with Crippen LogP contribution in [0, 0.1) is 5.92 Å². The predicted octanol–water partition coefficient (Wildman–Crippen LogP) is 4.14. The Balaban J connectivity index is 1.82. The van der Waals surface area contributed by atoms with Crippen LogP contribution in [-0.2, 0) is 27.3 Å². The molecule has 3 aromatic rings. The molecule has 0 aliphatic carbocycles. The Morgan fingerprint density at radius 2 is 1.43 bits per heavy atom. The third-order valence-electron chi connectivity index (χ3n) is 5.68. The highest BCUT2D eigenvalue weighted by atomic mass is 16.3. The van der Waals surface area contributed by atoms with E-state index in [9.17, 15) is 24.6 Å². The van der Waals surface area contributed by atoms with E-state index in [-0.39, 0.29) is 30.4 Å². The summed E-state index contributed by atoms with van der Waals surface area (Å²) in [5.74, 6) is -2.43. The summed E-state index contributed by atoms with van der Waals surface area (Å²) in [5, 5.41) is 24.8. The number of phenolic OH excluding ortho intramolecular Hbond substituents is 2. The summed E-state index contributed by atoms with van der Waals surface area (Å²) in [5.41, 5.74) is 2.56. The molecule has 192 valence electrons. The molecular weight excluding hydrogens is 468 g/mol. The van der Waals surface area contributed by atoms with E-state index in [1.165, 1.54) is 12.1 Å². The number of carbonyl (C=O) groups excluding carboxylic acids is 3. The quantitative estimate of drug-likeness (QED) is 0.179. The highest BCUT2D eigenvalue weighted by molar-refractivity contribution is 6.38. The maximum absolute atomic E-state index is 13.4. The number of benzene rings is 3. The number of rotatable bonds is 11. The Hall–Kier alpha value is -4.39. The van der Waals surface area contributed by atoms with Crippen molar-refractivity contribution in [2.75, 3.05) is 0 Å². The second-order valence-electron chi connectivity index (χ2n) is 9.26. The number of phenols is 2. The Kier molecular flexibility index (Phi) is 9.61. The van der Waals surface area contributed by atoms with Gasteiger partial charge in [0.1, 0.15) is 6.04 Å². The van der Waals surface area contributed by atoms with Gasteiger partial charge in [-0.3, -0.25) is 14.4 Å². The van der Waals surface area contributed by atoms with Crippen molar-refractivity contribution in [3.63, 3.8) is 0 Å². The van der Waals surface area contributed by atoms with Crippen molar-refractivity contribution in [1.29, 1.82) is 0 Å². The Morgan fingerprint density at radius 3 is 2.03 bits per heavy atom. The molecule has 0 aliphatic rings. The molecule has 0 aromatic heterocycles. The summed E-state index contributed by atoms with van der Waals surface area (Å²) in [6, 6.07) is 21.6. The number of hydrogen-bond acceptors (Lipinski definition) is 5. The molecule has 3 rings (SSSR count). The minimum Gasteiger partial charge on any atom is -0.504 e. The summed E-state index contributed by atoms with van der Waals surface area (Å²) in [4.78, 5) is 39.3. The van der Waals surface area contributed by atoms with E-state index in [1.807, 2.05) is 74.5 Å². The van der Waals surface area contributed by atoms with E-state index in [2.05, 4.69) is 10.6 Å². The lowest BCUT2D eigenvalue weighted by Crippen LogP contribution is -2.49. The van der Waals surface area contributed by atoms with Gasteiger partial charge in [-0.05, 0) is 47.2 Å². The molecular formula is C30H32N2O5. The van der Waals surface area contributed by atoms with Crippen molar-refractivity contribution in [3.05, 3.63) is 101 Å². The molecule has 4 N–H and O–H groups in total. The number of amides is 2. The van der Waals surface area contributed by atoms with E-state index in [1.54, 1.807) is 12.1 Å². The molecule has 7 heteroatoms. The first kappa shape index (κ1) is 27.2. The van der Waals surface area contributed by atoms with Crippen LogP contribution >= 0.6 is 0 Å². The van der Waals surface area contributed by atoms with Crippen molar-refractivity contribution in [1.82, 2.24) is 10.6 Å². The highest BCUT2D eigenvalue weighted by Crippen LogP contribution is 2.27. The van der Waals surface area contributed by atoms with Crippen LogP contribution in [0.3, 0.4) is 0 Å². The number of ketones is 1. The van der Waals surface area contributed by atoms with E-state index in [4.69, 9.17) is 0 Å². The van der Waals surface area contributed by atoms with Gasteiger partial charge in [0.25, 0.3) is 5.91 Å². The minimum atomic E-state index is -1.07. The van der Waals surface area contributed by atoms with Gasteiger partial charge in [-0.2, -0.15) is 0 Å². The Morgan fingerprint density at radius 1 is 0.811 bits per heavy atom. The van der Waals surface area contributed by atoms with Crippen LogP contribution in [0.25, 0.3) is 6.08 Å². The van der Waals surface area contributed by atoms with E-state index < -0.39 is 23.6 Å². The van der Waals surface area contributed by atoms with Gasteiger partial charge in [-0.1, -0.05) is 80.6 Å². The van der Waals surface area contributed by atoms with Crippen molar-refractivity contribution in [2.45, 2.75) is 39.3 Å². The van der Waals surface area contributed by atoms with Gasteiger partial charge in [0.2, 0.25) is 11.7 Å². The van der Waals surface area contributed by atoms with Crippen molar-refractivity contribution in [2.24, 2.45) is 5.92 Å². The SMILES string of the molecule is CC(C)CC(=Cc1ccc(O)c(O)c1)C(=O)NC(Cc1ccccc1)C(=O)C(=O)NCc1ccccc1. The second-order valence-corrected chi connectivity index (χ2v) is 9.26. The van der Waals surface area contributed by atoms with E-state index >= 15 is 0 Å². The monoisotopic (exact) mass is 500 g/mol. The topological polar surface area (TPSA) is 116 Å². The molecule has 0 saturated heterocycles. The van der Waals surface area contributed by atoms with Gasteiger partial charge in [0.05, 0.1) is 0 Å². The molecule has 0 heterocycles. The summed E-state index contributed by atoms with van der Waals surface area (Å²) in [7, 11) is 0. The molecule has 1 unspecified atom stereocenters. The normalized spacial score (nSPS) is 12.1. The first-order valence-corrected chi connectivity index (χ1v) is 12.2. The molecule has 7 nitrogen and oxygen atoms in total. The third-order valence-corrected chi connectivity index (χ3v) is 5.68. The molecule has 3 aromatic carbocycles. The summed E-state index contributed by atoms with van der Waals surface area (Å²) in [6.07, 6.45) is 2.16. The number of Topliss-reactive ketones (excluding diaryl/α,β-unsaturated/α-hetero) is 1. The van der Waals surface area contributed by atoms with E-state index in [0.29, 0.717) is 17.6 Å². The van der Waals surface area contributed by atoms with Gasteiger partial charge >= 0.3 is 0 Å². The van der Waals surface area contributed by atoms with Gasteiger partial charge in [0, 0.05) is 18.5 Å². The Bertz CT molecular complexity index is 1250. The largest absolute Gasteiger partial charge is 0.504 e. The molecule has 0 aliphatic heterocycles. The number of nitrogens with one attached hydrogen (secondary N) is 2. The minimum absolute atomic E-state index is 0.125. The second kappa shape index (κ2) is 13.1. The lowest BCUT2D eigenvalue weighted by Gasteiger charge is -2.19.